The Bertz CT molecular complexity index is 437. The highest BCUT2D eigenvalue weighted by molar-refractivity contribution is 5.98. The van der Waals surface area contributed by atoms with E-state index in [0.717, 1.165) is 11.3 Å². The Labute approximate surface area is 88.5 Å². The molecule has 0 aromatic heterocycles. The van der Waals surface area contributed by atoms with E-state index in [-0.39, 0.29) is 17.6 Å². The number of rotatable bonds is 1. The average Bonchev–Trinajstić information content (AvgIpc) is 2.19. The smallest absolute Gasteiger partial charge is 0.227 e. The van der Waals surface area contributed by atoms with Crippen LogP contribution in [0.2, 0.25) is 0 Å². The number of anilines is 1. The summed E-state index contributed by atoms with van der Waals surface area (Å²) in [5, 5.41) is 2.83. The molecule has 1 aliphatic heterocycles. The van der Waals surface area contributed by atoms with Crippen molar-refractivity contribution in [1.29, 1.82) is 0 Å². The number of amides is 1. The van der Waals surface area contributed by atoms with Gasteiger partial charge < -0.3 is 5.32 Å². The minimum Gasteiger partial charge on any atom is -0.326 e. The summed E-state index contributed by atoms with van der Waals surface area (Å²) in [5.74, 6) is 0.0973. The zero-order chi connectivity index (χ0) is 11.0. The highest BCUT2D eigenvalue weighted by atomic mass is 16.2. The van der Waals surface area contributed by atoms with Crippen LogP contribution in [-0.4, -0.2) is 11.7 Å². The van der Waals surface area contributed by atoms with E-state index in [4.69, 9.17) is 0 Å². The molecule has 0 saturated carbocycles. The Kier molecular flexibility index (Phi) is 2.31. The molecule has 1 atom stereocenters. The molecule has 1 amide bonds. The first-order chi connectivity index (χ1) is 7.08. The summed E-state index contributed by atoms with van der Waals surface area (Å²) in [6, 6.07) is 5.42. The van der Waals surface area contributed by atoms with Crippen LogP contribution in [0.4, 0.5) is 5.69 Å². The Balaban J connectivity index is 2.41. The summed E-state index contributed by atoms with van der Waals surface area (Å²) in [7, 11) is 0. The Morgan fingerprint density at radius 1 is 1.47 bits per heavy atom. The van der Waals surface area contributed by atoms with Gasteiger partial charge in [0.1, 0.15) is 0 Å². The molecule has 78 valence electrons. The molecular formula is C12H13NO2. The molecule has 0 aliphatic carbocycles. The second kappa shape index (κ2) is 3.50. The summed E-state index contributed by atoms with van der Waals surface area (Å²) >= 11 is 0. The first kappa shape index (κ1) is 9.90. The number of benzene rings is 1. The molecule has 3 nitrogen and oxygen atoms in total. The molecule has 0 spiro atoms. The van der Waals surface area contributed by atoms with Gasteiger partial charge in [-0.2, -0.15) is 0 Å². The number of carbonyl (C=O) groups is 2. The van der Waals surface area contributed by atoms with E-state index in [1.165, 1.54) is 0 Å². The molecule has 1 aromatic carbocycles. The van der Waals surface area contributed by atoms with Crippen LogP contribution >= 0.6 is 0 Å². The lowest BCUT2D eigenvalue weighted by atomic mass is 9.93. The van der Waals surface area contributed by atoms with Gasteiger partial charge in [-0.05, 0) is 37.1 Å². The Morgan fingerprint density at radius 2 is 2.20 bits per heavy atom. The molecule has 1 aliphatic rings. The monoisotopic (exact) mass is 203 g/mol. The molecule has 0 saturated heterocycles. The third-order valence-electron chi connectivity index (χ3n) is 2.74. The number of hydrogen-bond donors (Lipinski definition) is 1. The summed E-state index contributed by atoms with van der Waals surface area (Å²) in [4.78, 5) is 22.6. The predicted molar refractivity (Wildman–Crippen MR) is 57.9 cm³/mol. The van der Waals surface area contributed by atoms with Gasteiger partial charge in [-0.1, -0.05) is 6.92 Å². The van der Waals surface area contributed by atoms with Gasteiger partial charge >= 0.3 is 0 Å². The zero-order valence-corrected chi connectivity index (χ0v) is 8.83. The summed E-state index contributed by atoms with van der Waals surface area (Å²) in [6.07, 6.45) is 0.711. The minimum absolute atomic E-state index is 0.0142. The summed E-state index contributed by atoms with van der Waals surface area (Å²) in [6.45, 7) is 3.44. The fourth-order valence-corrected chi connectivity index (χ4v) is 1.78. The van der Waals surface area contributed by atoms with Crippen LogP contribution in [0.3, 0.4) is 0 Å². The highest BCUT2D eigenvalue weighted by Crippen LogP contribution is 2.26. The third-order valence-corrected chi connectivity index (χ3v) is 2.74. The fourth-order valence-electron chi connectivity index (χ4n) is 1.78. The number of hydrogen-bond acceptors (Lipinski definition) is 2. The van der Waals surface area contributed by atoms with Crippen molar-refractivity contribution >= 4 is 17.4 Å². The third kappa shape index (κ3) is 1.77. The number of carbonyl (C=O) groups excluding carboxylic acids is 2. The number of ketones is 1. The van der Waals surface area contributed by atoms with E-state index >= 15 is 0 Å². The standard InChI is InChI=1S/C12H13NO2/c1-7-5-10-6-9(8(2)14)3-4-11(10)13-12(7)15/h3-4,6-7H,5H2,1-2H3,(H,13,15). The lowest BCUT2D eigenvalue weighted by Gasteiger charge is -2.22. The molecule has 0 radical (unpaired) electrons. The van der Waals surface area contributed by atoms with E-state index in [1.54, 1.807) is 19.1 Å². The molecule has 3 heteroatoms. The Hall–Kier alpha value is -1.64. The maximum atomic E-state index is 11.4. The number of nitrogens with one attached hydrogen (secondary N) is 1. The van der Waals surface area contributed by atoms with Gasteiger partial charge in [0, 0.05) is 17.2 Å². The SMILES string of the molecule is CC(=O)c1ccc2c(c1)CC(C)C(=O)N2. The Morgan fingerprint density at radius 3 is 2.87 bits per heavy atom. The van der Waals surface area contributed by atoms with Crippen molar-refractivity contribution in [3.05, 3.63) is 29.3 Å². The van der Waals surface area contributed by atoms with E-state index in [1.807, 2.05) is 13.0 Å². The van der Waals surface area contributed by atoms with E-state index in [2.05, 4.69) is 5.32 Å². The van der Waals surface area contributed by atoms with Crippen LogP contribution in [0.1, 0.15) is 29.8 Å². The van der Waals surface area contributed by atoms with E-state index in [9.17, 15) is 9.59 Å². The van der Waals surface area contributed by atoms with Gasteiger partial charge in [0.25, 0.3) is 0 Å². The second-order valence-corrected chi connectivity index (χ2v) is 4.02. The molecule has 1 heterocycles. The summed E-state index contributed by atoms with van der Waals surface area (Å²) < 4.78 is 0. The summed E-state index contributed by atoms with van der Waals surface area (Å²) in [5.41, 5.74) is 2.59. The van der Waals surface area contributed by atoms with Crippen LogP contribution in [0, 0.1) is 5.92 Å². The van der Waals surface area contributed by atoms with Crippen molar-refractivity contribution in [2.75, 3.05) is 5.32 Å². The van der Waals surface area contributed by atoms with Crippen LogP contribution in [0.5, 0.6) is 0 Å². The van der Waals surface area contributed by atoms with E-state index < -0.39 is 0 Å². The molecule has 2 rings (SSSR count). The first-order valence-electron chi connectivity index (χ1n) is 5.02. The minimum atomic E-state index is -0.0142. The zero-order valence-electron chi connectivity index (χ0n) is 8.83. The average molecular weight is 203 g/mol. The quantitative estimate of drug-likeness (QED) is 0.710. The van der Waals surface area contributed by atoms with Crippen LogP contribution < -0.4 is 5.32 Å². The maximum Gasteiger partial charge on any atom is 0.227 e. The van der Waals surface area contributed by atoms with Crippen molar-refractivity contribution in [1.82, 2.24) is 0 Å². The molecule has 0 fully saturated rings. The molecule has 0 bridgehead atoms. The molecule has 1 N–H and O–H groups in total. The fraction of sp³-hybridized carbons (Fsp3) is 0.333. The molecule has 15 heavy (non-hydrogen) atoms. The maximum absolute atomic E-state index is 11.4. The topological polar surface area (TPSA) is 46.2 Å². The lowest BCUT2D eigenvalue weighted by Crippen LogP contribution is -2.27. The lowest BCUT2D eigenvalue weighted by molar-refractivity contribution is -0.119. The predicted octanol–water partition coefficient (Wildman–Crippen LogP) is 2.02. The second-order valence-electron chi connectivity index (χ2n) is 4.02. The van der Waals surface area contributed by atoms with Crippen LogP contribution in [0.25, 0.3) is 0 Å². The van der Waals surface area contributed by atoms with Crippen molar-refractivity contribution in [2.45, 2.75) is 20.3 Å². The van der Waals surface area contributed by atoms with Crippen molar-refractivity contribution in [2.24, 2.45) is 5.92 Å². The number of fused-ring (bicyclic) bond motifs is 1. The van der Waals surface area contributed by atoms with Gasteiger partial charge in [0.05, 0.1) is 0 Å². The largest absolute Gasteiger partial charge is 0.326 e. The van der Waals surface area contributed by atoms with Gasteiger partial charge in [0.15, 0.2) is 5.78 Å². The van der Waals surface area contributed by atoms with Crippen LogP contribution in [-0.2, 0) is 11.2 Å². The van der Waals surface area contributed by atoms with Gasteiger partial charge in [-0.3, -0.25) is 9.59 Å². The van der Waals surface area contributed by atoms with Gasteiger partial charge in [0.2, 0.25) is 5.91 Å². The van der Waals surface area contributed by atoms with Crippen molar-refractivity contribution < 1.29 is 9.59 Å². The molecule has 1 aromatic rings. The normalized spacial score (nSPS) is 19.3. The van der Waals surface area contributed by atoms with Crippen molar-refractivity contribution in [3.63, 3.8) is 0 Å². The highest BCUT2D eigenvalue weighted by Gasteiger charge is 2.22. The number of Topliss-reactive ketones (excluding diaryl/α,β-unsaturated/α-hetero) is 1. The van der Waals surface area contributed by atoms with Gasteiger partial charge in [-0.25, -0.2) is 0 Å². The van der Waals surface area contributed by atoms with Crippen LogP contribution in [0.15, 0.2) is 18.2 Å². The molecular weight excluding hydrogens is 190 g/mol. The first-order valence-corrected chi connectivity index (χ1v) is 5.02. The van der Waals surface area contributed by atoms with Gasteiger partial charge in [-0.15, -0.1) is 0 Å². The van der Waals surface area contributed by atoms with Crippen molar-refractivity contribution in [3.8, 4) is 0 Å². The van der Waals surface area contributed by atoms with E-state index in [0.29, 0.717) is 12.0 Å². The molecule has 1 unspecified atom stereocenters.